The molecule has 232 valence electrons. The minimum Gasteiger partial charge on any atom is -0.479 e. The SMILES string of the molecule is COC(=O)C1CCCN1P(=O)(OC[C@H]1O[C@@H](n2cnc3c(OC)nc(C)nc32)[C@@](C)(O)C1O)N1CCCC1C(=O)OC. The number of rotatable bonds is 9. The predicted octanol–water partition coefficient (Wildman–Crippen LogP) is 0.552. The molecule has 0 spiro atoms. The van der Waals surface area contributed by atoms with Gasteiger partial charge in [0.2, 0.25) is 5.88 Å². The van der Waals surface area contributed by atoms with Crippen molar-refractivity contribution >= 4 is 30.8 Å². The Labute approximate surface area is 242 Å². The van der Waals surface area contributed by atoms with Gasteiger partial charge in [-0.05, 0) is 39.5 Å². The van der Waals surface area contributed by atoms with Crippen LogP contribution in [0, 0.1) is 6.92 Å². The molecule has 3 fully saturated rings. The van der Waals surface area contributed by atoms with Crippen LogP contribution in [0.3, 0.4) is 0 Å². The fraction of sp³-hybridized carbons (Fsp3) is 0.720. The third-order valence-corrected chi connectivity index (χ3v) is 10.9. The lowest BCUT2D eigenvalue weighted by Gasteiger charge is -2.38. The summed E-state index contributed by atoms with van der Waals surface area (Å²) in [4.78, 5) is 38.2. The topological polar surface area (TPSA) is 188 Å². The number of fused-ring (bicyclic) bond motifs is 1. The molecule has 3 aliphatic rings. The first-order valence-electron chi connectivity index (χ1n) is 13.7. The van der Waals surface area contributed by atoms with E-state index in [2.05, 4.69) is 15.0 Å². The molecule has 6 atom stereocenters. The maximum Gasteiger partial charge on any atom is 0.347 e. The van der Waals surface area contributed by atoms with Crippen LogP contribution in [-0.2, 0) is 32.9 Å². The van der Waals surface area contributed by atoms with Crippen molar-refractivity contribution in [3.8, 4) is 5.88 Å². The van der Waals surface area contributed by atoms with Gasteiger partial charge in [0.15, 0.2) is 17.4 Å². The molecule has 42 heavy (non-hydrogen) atoms. The number of ether oxygens (including phenoxy) is 4. The average molecular weight is 613 g/mol. The van der Waals surface area contributed by atoms with Crippen LogP contribution in [-0.4, -0.2) is 122 Å². The molecule has 2 aromatic heterocycles. The van der Waals surface area contributed by atoms with Gasteiger partial charge >= 0.3 is 19.6 Å². The number of aliphatic hydroxyl groups excluding tert-OH is 1. The lowest BCUT2D eigenvalue weighted by Crippen LogP contribution is -2.46. The highest BCUT2D eigenvalue weighted by molar-refractivity contribution is 7.54. The van der Waals surface area contributed by atoms with Crippen LogP contribution in [0.4, 0.5) is 0 Å². The highest BCUT2D eigenvalue weighted by Gasteiger charge is 2.57. The van der Waals surface area contributed by atoms with Gasteiger partial charge in [0.05, 0.1) is 34.3 Å². The number of imidazole rings is 1. The van der Waals surface area contributed by atoms with Crippen molar-refractivity contribution in [2.75, 3.05) is 41.0 Å². The fourth-order valence-corrected chi connectivity index (χ4v) is 8.86. The minimum atomic E-state index is -4.08. The summed E-state index contributed by atoms with van der Waals surface area (Å²) < 4.78 is 46.7. The van der Waals surface area contributed by atoms with Crippen LogP contribution in [0.1, 0.15) is 44.7 Å². The number of hydrogen-bond donors (Lipinski definition) is 2. The molecule has 2 N–H and O–H groups in total. The predicted molar refractivity (Wildman–Crippen MR) is 144 cm³/mol. The van der Waals surface area contributed by atoms with E-state index < -0.39 is 62.3 Å². The van der Waals surface area contributed by atoms with Gasteiger partial charge in [-0.25, -0.2) is 19.3 Å². The van der Waals surface area contributed by atoms with Gasteiger partial charge in [-0.1, -0.05) is 0 Å². The number of aryl methyl sites for hydroxylation is 1. The molecule has 3 unspecified atom stereocenters. The number of nitrogens with zero attached hydrogens (tertiary/aromatic N) is 6. The van der Waals surface area contributed by atoms with E-state index in [1.807, 2.05) is 0 Å². The summed E-state index contributed by atoms with van der Waals surface area (Å²) in [6, 6.07) is -1.69. The van der Waals surface area contributed by atoms with Crippen LogP contribution in [0.15, 0.2) is 6.33 Å². The first-order valence-corrected chi connectivity index (χ1v) is 15.3. The molecule has 0 saturated carbocycles. The van der Waals surface area contributed by atoms with E-state index in [0.29, 0.717) is 42.7 Å². The summed E-state index contributed by atoms with van der Waals surface area (Å²) in [5, 5.41) is 22.6. The van der Waals surface area contributed by atoms with Crippen LogP contribution >= 0.6 is 7.67 Å². The Morgan fingerprint density at radius 1 is 1.10 bits per heavy atom. The van der Waals surface area contributed by atoms with Crippen LogP contribution in [0.25, 0.3) is 11.2 Å². The standard InChI is InChI=1S/C25H37N6O10P/c1-14-27-20-18(21(28-14)37-3)26-13-29(20)24-25(2,35)19(32)17(41-24)12-40-42(36,30-10-6-8-15(30)22(33)38-4)31-11-7-9-16(31)23(34)39-5/h13,15-17,19,24,32,35H,6-12H2,1-5H3/t15?,16?,17-,19?,24-,25+,42?/m1/s1. The first-order chi connectivity index (χ1) is 20.0. The highest BCUT2D eigenvalue weighted by atomic mass is 31.2. The van der Waals surface area contributed by atoms with Gasteiger partial charge in [-0.15, -0.1) is 0 Å². The Kier molecular flexibility index (Phi) is 8.60. The average Bonchev–Trinajstić information content (AvgIpc) is 3.78. The number of esters is 2. The van der Waals surface area contributed by atoms with E-state index in [9.17, 15) is 24.4 Å². The summed E-state index contributed by atoms with van der Waals surface area (Å²) in [5.74, 6) is -0.488. The van der Waals surface area contributed by atoms with Crippen molar-refractivity contribution in [2.45, 2.75) is 75.7 Å². The highest BCUT2D eigenvalue weighted by Crippen LogP contribution is 2.60. The lowest BCUT2D eigenvalue weighted by molar-refractivity contribution is -0.145. The lowest BCUT2D eigenvalue weighted by atomic mass is 9.96. The molecular formula is C25H37N6O10P. The van der Waals surface area contributed by atoms with E-state index >= 15 is 0 Å². The van der Waals surface area contributed by atoms with Gasteiger partial charge in [0, 0.05) is 13.1 Å². The monoisotopic (exact) mass is 612 g/mol. The number of hydrogen-bond acceptors (Lipinski definition) is 13. The zero-order chi connectivity index (χ0) is 30.4. The number of aliphatic hydroxyl groups is 2. The zero-order valence-electron chi connectivity index (χ0n) is 24.2. The second-order valence-electron chi connectivity index (χ2n) is 10.8. The van der Waals surface area contributed by atoms with Gasteiger partial charge in [0.1, 0.15) is 35.7 Å². The van der Waals surface area contributed by atoms with Gasteiger partial charge in [0.25, 0.3) is 0 Å². The molecule has 0 amide bonds. The van der Waals surface area contributed by atoms with E-state index in [1.54, 1.807) is 6.92 Å². The fourth-order valence-electron chi connectivity index (χ4n) is 6.01. The summed E-state index contributed by atoms with van der Waals surface area (Å²) in [6.45, 7) is 3.18. The summed E-state index contributed by atoms with van der Waals surface area (Å²) in [7, 11) is -0.121. The molecule has 2 aromatic rings. The van der Waals surface area contributed by atoms with E-state index in [-0.39, 0.29) is 19.0 Å². The maximum atomic E-state index is 14.9. The van der Waals surface area contributed by atoms with E-state index in [0.717, 1.165) is 0 Å². The van der Waals surface area contributed by atoms with Crippen molar-refractivity contribution in [1.82, 2.24) is 28.9 Å². The molecule has 0 aliphatic carbocycles. The molecule has 5 rings (SSSR count). The number of carbonyl (C=O) groups excluding carboxylic acids is 2. The van der Waals surface area contributed by atoms with Crippen LogP contribution in [0.2, 0.25) is 0 Å². The normalized spacial score (nSPS) is 31.8. The Bertz CT molecular complexity index is 1350. The molecule has 5 heterocycles. The molecule has 16 nitrogen and oxygen atoms in total. The molecule has 0 radical (unpaired) electrons. The first kappa shape index (κ1) is 30.7. The third-order valence-electron chi connectivity index (χ3n) is 8.15. The summed E-state index contributed by atoms with van der Waals surface area (Å²) in [5.41, 5.74) is -1.19. The Balaban J connectivity index is 1.45. The second kappa shape index (κ2) is 11.8. The van der Waals surface area contributed by atoms with E-state index in [4.69, 9.17) is 23.5 Å². The Morgan fingerprint density at radius 3 is 2.24 bits per heavy atom. The Morgan fingerprint density at radius 2 is 1.69 bits per heavy atom. The summed E-state index contributed by atoms with van der Waals surface area (Å²) in [6.07, 6.45) is -0.486. The Hall–Kier alpha value is -2.72. The maximum absolute atomic E-state index is 14.9. The minimum absolute atomic E-state index is 0.242. The number of methoxy groups -OCH3 is 3. The van der Waals surface area contributed by atoms with Gasteiger partial charge < -0.3 is 33.7 Å². The van der Waals surface area contributed by atoms with Crippen molar-refractivity contribution in [1.29, 1.82) is 0 Å². The molecule has 3 saturated heterocycles. The van der Waals surface area contributed by atoms with Crippen molar-refractivity contribution in [3.05, 3.63) is 12.2 Å². The smallest absolute Gasteiger partial charge is 0.347 e. The quantitative estimate of drug-likeness (QED) is 0.295. The molecule has 3 aliphatic heterocycles. The van der Waals surface area contributed by atoms with Crippen molar-refractivity contribution in [3.63, 3.8) is 0 Å². The van der Waals surface area contributed by atoms with E-state index in [1.165, 1.54) is 48.5 Å². The second-order valence-corrected chi connectivity index (χ2v) is 13.0. The van der Waals surface area contributed by atoms with Crippen LogP contribution < -0.4 is 4.74 Å². The van der Waals surface area contributed by atoms with Gasteiger partial charge in [-0.2, -0.15) is 4.98 Å². The summed E-state index contributed by atoms with van der Waals surface area (Å²) >= 11 is 0. The van der Waals surface area contributed by atoms with Gasteiger partial charge in [-0.3, -0.25) is 18.7 Å². The molecule has 17 heteroatoms. The molecule has 0 aromatic carbocycles. The zero-order valence-corrected chi connectivity index (χ0v) is 25.1. The third kappa shape index (κ3) is 5.08. The number of aromatic nitrogens is 4. The number of carbonyl (C=O) groups is 2. The molecule has 0 bridgehead atoms. The molecular weight excluding hydrogens is 575 g/mol. The van der Waals surface area contributed by atoms with Crippen molar-refractivity contribution < 1.29 is 47.8 Å². The van der Waals surface area contributed by atoms with Crippen LogP contribution in [0.5, 0.6) is 5.88 Å². The van der Waals surface area contributed by atoms with Crippen molar-refractivity contribution in [2.24, 2.45) is 0 Å². The largest absolute Gasteiger partial charge is 0.479 e.